The molecular formula is C18H23N3S. The van der Waals surface area contributed by atoms with E-state index in [2.05, 4.69) is 59.0 Å². The van der Waals surface area contributed by atoms with Gasteiger partial charge in [-0.1, -0.05) is 37.7 Å². The molecule has 3 nitrogen and oxygen atoms in total. The minimum absolute atomic E-state index is 1.01. The number of aromatic nitrogens is 1. The number of fused-ring (bicyclic) bond motifs is 2. The highest BCUT2D eigenvalue weighted by Crippen LogP contribution is 2.46. The minimum Gasteiger partial charge on any atom is -0.324 e. The third-order valence-corrected chi connectivity index (χ3v) is 5.24. The number of anilines is 2. The molecule has 0 N–H and O–H groups in total. The average molecular weight is 313 g/mol. The van der Waals surface area contributed by atoms with Crippen molar-refractivity contribution in [3.05, 3.63) is 42.6 Å². The molecule has 22 heavy (non-hydrogen) atoms. The van der Waals surface area contributed by atoms with Gasteiger partial charge in [-0.25, -0.2) is 4.98 Å². The Balaban J connectivity index is 1.80. The van der Waals surface area contributed by atoms with Crippen LogP contribution in [0.4, 0.5) is 11.5 Å². The minimum atomic E-state index is 1.01. The van der Waals surface area contributed by atoms with E-state index in [1.807, 2.05) is 24.0 Å². The summed E-state index contributed by atoms with van der Waals surface area (Å²) in [6.07, 6.45) is 3.04. The molecule has 2 aromatic rings. The molecule has 0 atom stereocenters. The lowest BCUT2D eigenvalue weighted by Crippen LogP contribution is -2.29. The van der Waals surface area contributed by atoms with Crippen LogP contribution in [0.2, 0.25) is 0 Å². The first-order valence-corrected chi connectivity index (χ1v) is 8.87. The Kier molecular flexibility index (Phi) is 5.01. The van der Waals surface area contributed by atoms with Crippen molar-refractivity contribution in [2.24, 2.45) is 0 Å². The molecule has 0 bridgehead atoms. The second-order valence-corrected chi connectivity index (χ2v) is 6.51. The van der Waals surface area contributed by atoms with Crippen LogP contribution in [0.5, 0.6) is 0 Å². The van der Waals surface area contributed by atoms with Crippen molar-refractivity contribution in [1.29, 1.82) is 0 Å². The SMILES string of the molecule is CCN(CC)CCCN1c2ccccc2Sc2cccnc21. The van der Waals surface area contributed by atoms with Gasteiger partial charge in [-0.15, -0.1) is 0 Å². The maximum atomic E-state index is 4.63. The summed E-state index contributed by atoms with van der Waals surface area (Å²) in [5.74, 6) is 1.10. The molecule has 0 aliphatic carbocycles. The summed E-state index contributed by atoms with van der Waals surface area (Å²) >= 11 is 1.82. The predicted molar refractivity (Wildman–Crippen MR) is 94.2 cm³/mol. The van der Waals surface area contributed by atoms with Gasteiger partial charge in [0.05, 0.1) is 10.6 Å². The summed E-state index contributed by atoms with van der Waals surface area (Å²) in [5.41, 5.74) is 1.29. The number of hydrogen-bond donors (Lipinski definition) is 0. The van der Waals surface area contributed by atoms with E-state index in [-0.39, 0.29) is 0 Å². The molecule has 4 heteroatoms. The Morgan fingerprint density at radius 1 is 1.05 bits per heavy atom. The molecule has 0 unspecified atom stereocenters. The van der Waals surface area contributed by atoms with E-state index in [9.17, 15) is 0 Å². The van der Waals surface area contributed by atoms with Crippen LogP contribution in [-0.4, -0.2) is 36.1 Å². The topological polar surface area (TPSA) is 19.4 Å². The lowest BCUT2D eigenvalue weighted by atomic mass is 10.2. The zero-order valence-corrected chi connectivity index (χ0v) is 14.1. The Hall–Kier alpha value is -1.52. The van der Waals surface area contributed by atoms with Gasteiger partial charge in [-0.05, 0) is 50.3 Å². The van der Waals surface area contributed by atoms with Crippen LogP contribution in [0.25, 0.3) is 0 Å². The Morgan fingerprint density at radius 2 is 1.82 bits per heavy atom. The third-order valence-electron chi connectivity index (χ3n) is 4.13. The van der Waals surface area contributed by atoms with E-state index in [1.54, 1.807) is 0 Å². The number of rotatable bonds is 6. The van der Waals surface area contributed by atoms with Crippen molar-refractivity contribution in [3.63, 3.8) is 0 Å². The lowest BCUT2D eigenvalue weighted by molar-refractivity contribution is 0.301. The highest BCUT2D eigenvalue weighted by molar-refractivity contribution is 7.99. The first-order chi connectivity index (χ1) is 10.8. The van der Waals surface area contributed by atoms with E-state index in [0.717, 1.165) is 38.4 Å². The van der Waals surface area contributed by atoms with E-state index in [0.29, 0.717) is 0 Å². The largest absolute Gasteiger partial charge is 0.324 e. The van der Waals surface area contributed by atoms with Crippen LogP contribution in [0.1, 0.15) is 20.3 Å². The van der Waals surface area contributed by atoms with E-state index < -0.39 is 0 Å². The van der Waals surface area contributed by atoms with Crippen LogP contribution in [0.15, 0.2) is 52.4 Å². The van der Waals surface area contributed by atoms with Crippen molar-refractivity contribution in [1.82, 2.24) is 9.88 Å². The van der Waals surface area contributed by atoms with Crippen LogP contribution in [0.3, 0.4) is 0 Å². The molecule has 0 radical (unpaired) electrons. The second-order valence-electron chi connectivity index (χ2n) is 5.43. The van der Waals surface area contributed by atoms with Crippen molar-refractivity contribution in [2.45, 2.75) is 30.1 Å². The van der Waals surface area contributed by atoms with Gasteiger partial charge in [0.1, 0.15) is 5.82 Å². The number of para-hydroxylation sites is 1. The summed E-state index contributed by atoms with van der Waals surface area (Å²) in [6, 6.07) is 12.8. The Labute approximate surface area is 137 Å². The van der Waals surface area contributed by atoms with Crippen LogP contribution in [-0.2, 0) is 0 Å². The number of nitrogens with zero attached hydrogens (tertiary/aromatic N) is 3. The molecule has 1 aromatic heterocycles. The van der Waals surface area contributed by atoms with Crippen LogP contribution >= 0.6 is 11.8 Å². The lowest BCUT2D eigenvalue weighted by Gasteiger charge is -2.32. The highest BCUT2D eigenvalue weighted by Gasteiger charge is 2.23. The number of benzene rings is 1. The first-order valence-electron chi connectivity index (χ1n) is 8.05. The monoisotopic (exact) mass is 313 g/mol. The summed E-state index contributed by atoms with van der Waals surface area (Å²) in [4.78, 5) is 12.1. The van der Waals surface area contributed by atoms with Crippen molar-refractivity contribution in [2.75, 3.05) is 31.1 Å². The molecule has 0 fully saturated rings. The fraction of sp³-hybridized carbons (Fsp3) is 0.389. The third kappa shape index (κ3) is 3.13. The van der Waals surface area contributed by atoms with Crippen LogP contribution < -0.4 is 4.90 Å². The molecule has 1 aliphatic rings. The molecule has 1 aromatic carbocycles. The van der Waals surface area contributed by atoms with E-state index >= 15 is 0 Å². The zero-order chi connectivity index (χ0) is 15.4. The van der Waals surface area contributed by atoms with Gasteiger partial charge in [0, 0.05) is 17.6 Å². The first kappa shape index (κ1) is 15.4. The van der Waals surface area contributed by atoms with Gasteiger partial charge in [0.15, 0.2) is 0 Å². The quantitative estimate of drug-likeness (QED) is 0.786. The van der Waals surface area contributed by atoms with Gasteiger partial charge in [0.25, 0.3) is 0 Å². The predicted octanol–water partition coefficient (Wildman–Crippen LogP) is 4.42. The maximum absolute atomic E-state index is 4.63. The van der Waals surface area contributed by atoms with Gasteiger partial charge >= 0.3 is 0 Å². The summed E-state index contributed by atoms with van der Waals surface area (Å²) < 4.78 is 0. The van der Waals surface area contributed by atoms with Gasteiger partial charge in [-0.2, -0.15) is 0 Å². The van der Waals surface area contributed by atoms with Crippen LogP contribution in [0, 0.1) is 0 Å². The van der Waals surface area contributed by atoms with E-state index in [4.69, 9.17) is 0 Å². The normalized spacial score (nSPS) is 13.1. The molecule has 0 amide bonds. The fourth-order valence-corrected chi connectivity index (χ4v) is 3.95. The zero-order valence-electron chi connectivity index (χ0n) is 13.3. The van der Waals surface area contributed by atoms with E-state index in [1.165, 1.54) is 15.5 Å². The summed E-state index contributed by atoms with van der Waals surface area (Å²) in [5, 5.41) is 0. The molecule has 1 aliphatic heterocycles. The average Bonchev–Trinajstić information content (AvgIpc) is 2.58. The number of pyridine rings is 1. The molecule has 116 valence electrons. The maximum Gasteiger partial charge on any atom is 0.147 e. The van der Waals surface area contributed by atoms with Gasteiger partial charge in [-0.3, -0.25) is 0 Å². The standard InChI is InChI=1S/C18H23N3S/c1-3-20(4-2)13-8-14-21-15-9-5-6-10-16(15)22-17-11-7-12-19-18(17)21/h5-7,9-12H,3-4,8,13-14H2,1-2H3. The van der Waals surface area contributed by atoms with Crippen molar-refractivity contribution in [3.8, 4) is 0 Å². The Bertz CT molecular complexity index is 580. The summed E-state index contributed by atoms with van der Waals surface area (Å²) in [7, 11) is 0. The molecule has 0 saturated carbocycles. The summed E-state index contributed by atoms with van der Waals surface area (Å²) in [6.45, 7) is 8.86. The van der Waals surface area contributed by atoms with Crippen molar-refractivity contribution < 1.29 is 0 Å². The smallest absolute Gasteiger partial charge is 0.147 e. The van der Waals surface area contributed by atoms with Gasteiger partial charge in [0.2, 0.25) is 0 Å². The molecule has 0 spiro atoms. The van der Waals surface area contributed by atoms with Crippen molar-refractivity contribution >= 4 is 23.3 Å². The molecule has 0 saturated heterocycles. The molecule has 3 rings (SSSR count). The number of hydrogen-bond acceptors (Lipinski definition) is 4. The van der Waals surface area contributed by atoms with Gasteiger partial charge < -0.3 is 9.80 Å². The molecular weight excluding hydrogens is 290 g/mol. The second kappa shape index (κ2) is 7.16. The fourth-order valence-electron chi connectivity index (χ4n) is 2.88. The Morgan fingerprint density at radius 3 is 2.64 bits per heavy atom. The highest BCUT2D eigenvalue weighted by atomic mass is 32.2. The molecule has 2 heterocycles.